The zero-order valence-electron chi connectivity index (χ0n) is 11.1. The van der Waals surface area contributed by atoms with Crippen molar-refractivity contribution in [1.82, 2.24) is 0 Å². The molecule has 0 saturated carbocycles. The maximum atomic E-state index is 11.9. The maximum Gasteiger partial charge on any atom is 0.223 e. The third-order valence-electron chi connectivity index (χ3n) is 2.97. The van der Waals surface area contributed by atoms with Gasteiger partial charge in [0.05, 0.1) is 0 Å². The van der Waals surface area contributed by atoms with Crippen molar-refractivity contribution in [2.45, 2.75) is 41.5 Å². The van der Waals surface area contributed by atoms with Crippen LogP contribution in [0.5, 0.6) is 0 Å². The number of carbonyl (C=O) groups excluding carboxylic acids is 1. The Kier molecular flexibility index (Phi) is 3.06. The van der Waals surface area contributed by atoms with E-state index in [9.17, 15) is 9.90 Å². The van der Waals surface area contributed by atoms with Crippen molar-refractivity contribution in [3.05, 3.63) is 23.5 Å². The molecule has 0 radical (unpaired) electrons. The fourth-order valence-corrected chi connectivity index (χ4v) is 1.78. The highest BCUT2D eigenvalue weighted by molar-refractivity contribution is 6.08. The minimum atomic E-state index is -0.229. The summed E-state index contributed by atoms with van der Waals surface area (Å²) in [5, 5.41) is 9.72. The molecule has 2 heteroatoms. The summed E-state index contributed by atoms with van der Waals surface area (Å²) in [6.07, 6.45) is 3.67. The van der Waals surface area contributed by atoms with E-state index >= 15 is 0 Å². The Labute approximate surface area is 98.1 Å². The number of aliphatic hydroxyl groups excluding tert-OH is 1. The van der Waals surface area contributed by atoms with Gasteiger partial charge in [0.25, 0.3) is 0 Å². The molecule has 1 aliphatic carbocycles. The lowest BCUT2D eigenvalue weighted by Crippen LogP contribution is -2.28. The minimum absolute atomic E-state index is 0.0190. The summed E-state index contributed by atoms with van der Waals surface area (Å²) in [5.41, 5.74) is 0.515. The number of hydrogen-bond donors (Lipinski definition) is 1. The van der Waals surface area contributed by atoms with Gasteiger partial charge in [-0.25, -0.2) is 0 Å². The van der Waals surface area contributed by atoms with E-state index in [1.54, 1.807) is 6.08 Å². The lowest BCUT2D eigenvalue weighted by molar-refractivity contribution is -0.115. The highest BCUT2D eigenvalue weighted by atomic mass is 16.3. The summed E-state index contributed by atoms with van der Waals surface area (Å²) < 4.78 is 0. The first kappa shape index (κ1) is 13.0. The SMILES string of the molecule is CC(C)(C)C1=CC(C(C)(C)C)C=C(O)C1=O. The second kappa shape index (κ2) is 3.76. The van der Waals surface area contributed by atoms with Crippen LogP contribution in [0.25, 0.3) is 0 Å². The van der Waals surface area contributed by atoms with Crippen LogP contribution in [0.2, 0.25) is 0 Å². The summed E-state index contributed by atoms with van der Waals surface area (Å²) >= 11 is 0. The van der Waals surface area contributed by atoms with Gasteiger partial charge >= 0.3 is 0 Å². The minimum Gasteiger partial charge on any atom is -0.504 e. The predicted octanol–water partition coefficient (Wildman–Crippen LogP) is 3.65. The third kappa shape index (κ3) is 2.55. The quantitative estimate of drug-likeness (QED) is 0.679. The molecule has 0 amide bonds. The van der Waals surface area contributed by atoms with Gasteiger partial charge in [0, 0.05) is 11.5 Å². The third-order valence-corrected chi connectivity index (χ3v) is 2.97. The Bertz CT molecular complexity index is 359. The summed E-state index contributed by atoms with van der Waals surface area (Å²) in [6.45, 7) is 12.3. The average molecular weight is 222 g/mol. The number of hydrogen-bond acceptors (Lipinski definition) is 2. The van der Waals surface area contributed by atoms with Crippen LogP contribution in [-0.4, -0.2) is 10.9 Å². The molecule has 0 saturated heterocycles. The maximum absolute atomic E-state index is 11.9. The molecule has 1 rings (SSSR count). The molecule has 1 atom stereocenters. The number of rotatable bonds is 0. The van der Waals surface area contributed by atoms with Gasteiger partial charge < -0.3 is 5.11 Å². The number of ketones is 1. The molecule has 90 valence electrons. The van der Waals surface area contributed by atoms with Crippen molar-refractivity contribution in [3.63, 3.8) is 0 Å². The van der Waals surface area contributed by atoms with E-state index in [-0.39, 0.29) is 28.3 Å². The molecule has 0 bridgehead atoms. The summed E-state index contributed by atoms with van der Waals surface area (Å²) in [5.74, 6) is -0.222. The molecule has 2 nitrogen and oxygen atoms in total. The largest absolute Gasteiger partial charge is 0.504 e. The second-order valence-corrected chi connectivity index (χ2v) is 6.60. The first-order chi connectivity index (χ1) is 7.03. The molecular formula is C14H22O2. The van der Waals surface area contributed by atoms with Gasteiger partial charge in [0.1, 0.15) is 0 Å². The fraction of sp³-hybridized carbons (Fsp3) is 0.643. The van der Waals surface area contributed by atoms with Gasteiger partial charge in [-0.15, -0.1) is 0 Å². The molecule has 1 aliphatic rings. The zero-order valence-corrected chi connectivity index (χ0v) is 11.1. The van der Waals surface area contributed by atoms with E-state index in [2.05, 4.69) is 20.8 Å². The monoisotopic (exact) mass is 222 g/mol. The lowest BCUT2D eigenvalue weighted by atomic mass is 9.72. The Morgan fingerprint density at radius 2 is 1.56 bits per heavy atom. The fourth-order valence-electron chi connectivity index (χ4n) is 1.78. The van der Waals surface area contributed by atoms with Crippen molar-refractivity contribution < 1.29 is 9.90 Å². The number of allylic oxidation sites excluding steroid dienone is 3. The van der Waals surface area contributed by atoms with Crippen molar-refractivity contribution in [3.8, 4) is 0 Å². The van der Waals surface area contributed by atoms with Crippen LogP contribution in [0, 0.1) is 16.7 Å². The normalized spacial score (nSPS) is 22.9. The Morgan fingerprint density at radius 1 is 1.06 bits per heavy atom. The van der Waals surface area contributed by atoms with Gasteiger partial charge in [-0.1, -0.05) is 47.6 Å². The van der Waals surface area contributed by atoms with Crippen LogP contribution in [0.1, 0.15) is 41.5 Å². The molecule has 1 N–H and O–H groups in total. The molecule has 1 unspecified atom stereocenters. The summed E-state index contributed by atoms with van der Waals surface area (Å²) in [6, 6.07) is 0. The van der Waals surface area contributed by atoms with E-state index in [0.29, 0.717) is 5.57 Å². The smallest absolute Gasteiger partial charge is 0.223 e. The summed E-state index contributed by atoms with van der Waals surface area (Å²) in [4.78, 5) is 11.9. The van der Waals surface area contributed by atoms with E-state index < -0.39 is 0 Å². The number of carbonyl (C=O) groups is 1. The van der Waals surface area contributed by atoms with E-state index in [4.69, 9.17) is 0 Å². The molecule has 0 aromatic carbocycles. The van der Waals surface area contributed by atoms with Gasteiger partial charge in [0.15, 0.2) is 5.76 Å². The van der Waals surface area contributed by atoms with Crippen LogP contribution in [0.15, 0.2) is 23.5 Å². The molecule has 16 heavy (non-hydrogen) atoms. The van der Waals surface area contributed by atoms with Crippen LogP contribution in [0.3, 0.4) is 0 Å². The van der Waals surface area contributed by atoms with Crippen LogP contribution >= 0.6 is 0 Å². The van der Waals surface area contributed by atoms with Gasteiger partial charge in [0.2, 0.25) is 5.78 Å². The highest BCUT2D eigenvalue weighted by Crippen LogP contribution is 2.38. The van der Waals surface area contributed by atoms with Gasteiger partial charge in [-0.3, -0.25) is 4.79 Å². The Hall–Kier alpha value is -1.05. The van der Waals surface area contributed by atoms with E-state index in [0.717, 1.165) is 0 Å². The van der Waals surface area contributed by atoms with E-state index in [1.807, 2.05) is 26.8 Å². The first-order valence-electron chi connectivity index (χ1n) is 5.71. The first-order valence-corrected chi connectivity index (χ1v) is 5.71. The van der Waals surface area contributed by atoms with Crippen LogP contribution < -0.4 is 0 Å². The molecule has 0 heterocycles. The summed E-state index contributed by atoms with van der Waals surface area (Å²) in [7, 11) is 0. The van der Waals surface area contributed by atoms with Crippen LogP contribution in [0.4, 0.5) is 0 Å². The topological polar surface area (TPSA) is 37.3 Å². The van der Waals surface area contributed by atoms with Crippen molar-refractivity contribution in [1.29, 1.82) is 0 Å². The predicted molar refractivity (Wildman–Crippen MR) is 66.2 cm³/mol. The van der Waals surface area contributed by atoms with Crippen molar-refractivity contribution in [2.75, 3.05) is 0 Å². The van der Waals surface area contributed by atoms with Gasteiger partial charge in [-0.05, 0) is 16.9 Å². The molecular weight excluding hydrogens is 200 g/mol. The lowest BCUT2D eigenvalue weighted by Gasteiger charge is -2.32. The van der Waals surface area contributed by atoms with Gasteiger partial charge in [-0.2, -0.15) is 0 Å². The highest BCUT2D eigenvalue weighted by Gasteiger charge is 2.34. The van der Waals surface area contributed by atoms with Crippen LogP contribution in [-0.2, 0) is 4.79 Å². The standard InChI is InChI=1S/C14H22O2/c1-13(2,3)9-7-10(14(4,5)6)12(16)11(15)8-9/h7-9,15H,1-6H3. The number of Topliss-reactive ketones (excluding diaryl/α,β-unsaturated/α-hetero) is 1. The van der Waals surface area contributed by atoms with E-state index in [1.165, 1.54) is 0 Å². The van der Waals surface area contributed by atoms with Crippen molar-refractivity contribution >= 4 is 5.78 Å². The molecule has 0 spiro atoms. The second-order valence-electron chi connectivity index (χ2n) is 6.60. The number of aliphatic hydroxyl groups is 1. The molecule has 0 aromatic rings. The Balaban J connectivity index is 3.20. The average Bonchev–Trinajstić information content (AvgIpc) is 2.05. The molecule has 0 fully saturated rings. The zero-order chi connectivity index (χ0) is 12.7. The molecule has 0 aliphatic heterocycles. The Morgan fingerprint density at radius 3 is 1.94 bits per heavy atom. The van der Waals surface area contributed by atoms with Crippen molar-refractivity contribution in [2.24, 2.45) is 16.7 Å². The molecule has 0 aromatic heterocycles.